The summed E-state index contributed by atoms with van der Waals surface area (Å²) >= 11 is 0. The average Bonchev–Trinajstić information content (AvgIpc) is 2.85. The Morgan fingerprint density at radius 3 is 2.44 bits per heavy atom. The van der Waals surface area contributed by atoms with E-state index < -0.39 is 5.97 Å². The van der Waals surface area contributed by atoms with Gasteiger partial charge in [0.15, 0.2) is 0 Å². The van der Waals surface area contributed by atoms with E-state index in [-0.39, 0.29) is 11.3 Å². The van der Waals surface area contributed by atoms with E-state index in [1.807, 2.05) is 44.2 Å². The van der Waals surface area contributed by atoms with Gasteiger partial charge in [0.1, 0.15) is 17.1 Å². The Labute approximate surface area is 201 Å². The predicted octanol–water partition coefficient (Wildman–Crippen LogP) is 5.15. The van der Waals surface area contributed by atoms with Crippen molar-refractivity contribution in [1.82, 2.24) is 9.88 Å². The minimum atomic E-state index is -1.08. The summed E-state index contributed by atoms with van der Waals surface area (Å²) in [6.45, 7) is 9.20. The molecule has 0 saturated carbocycles. The van der Waals surface area contributed by atoms with Gasteiger partial charge in [-0.2, -0.15) is 0 Å². The lowest BCUT2D eigenvalue weighted by molar-refractivity contribution is 0.0697. The first kappa shape index (κ1) is 25.3. The van der Waals surface area contributed by atoms with Crippen molar-refractivity contribution in [3.05, 3.63) is 59.3 Å². The van der Waals surface area contributed by atoms with Crippen molar-refractivity contribution in [3.8, 4) is 11.5 Å². The van der Waals surface area contributed by atoms with Gasteiger partial charge in [0.2, 0.25) is 0 Å². The fourth-order valence-electron chi connectivity index (χ4n) is 4.34. The van der Waals surface area contributed by atoms with Crippen LogP contribution in [0.15, 0.2) is 42.5 Å². The topological polar surface area (TPSA) is 97.9 Å². The maximum Gasteiger partial charge on any atom is 0.339 e. The highest BCUT2D eigenvalue weighted by atomic mass is 16.5. The minimum absolute atomic E-state index is 0.0420. The van der Waals surface area contributed by atoms with Crippen LogP contribution in [-0.4, -0.2) is 47.8 Å². The molecule has 0 bridgehead atoms. The Morgan fingerprint density at radius 2 is 1.82 bits per heavy atom. The second kappa shape index (κ2) is 11.7. The van der Waals surface area contributed by atoms with Crippen molar-refractivity contribution < 1.29 is 19.4 Å². The summed E-state index contributed by atoms with van der Waals surface area (Å²) in [5.41, 5.74) is 8.82. The van der Waals surface area contributed by atoms with Crippen LogP contribution in [0.25, 0.3) is 10.9 Å². The molecule has 4 rings (SSSR count). The number of carboxylic acids is 1. The fraction of sp³-hybridized carbons (Fsp3) is 0.407. The number of nitrogens with zero attached hydrogens (tertiary/aromatic N) is 2. The van der Waals surface area contributed by atoms with Gasteiger partial charge in [0.25, 0.3) is 0 Å². The third kappa shape index (κ3) is 5.78. The molecule has 3 N–H and O–H groups in total. The van der Waals surface area contributed by atoms with Gasteiger partial charge in [-0.05, 0) is 68.6 Å². The molecular weight excluding hydrogens is 430 g/mol. The predicted molar refractivity (Wildman–Crippen MR) is 136 cm³/mol. The van der Waals surface area contributed by atoms with E-state index in [0.29, 0.717) is 34.9 Å². The maximum atomic E-state index is 11.6. The lowest BCUT2D eigenvalue weighted by Crippen LogP contribution is -2.35. The number of likely N-dealkylation sites (tertiary alicyclic amines) is 1. The SMILES string of the molecule is CC.COc1ccc(CN2CCC(COc3cccc4nc(C)c(C(=O)O)c(N)c34)CC2)cc1. The summed E-state index contributed by atoms with van der Waals surface area (Å²) in [5, 5.41) is 10.1. The zero-order valence-corrected chi connectivity index (χ0v) is 20.5. The van der Waals surface area contributed by atoms with Crippen LogP contribution in [-0.2, 0) is 6.54 Å². The summed E-state index contributed by atoms with van der Waals surface area (Å²) in [4.78, 5) is 18.5. The number of piperidine rings is 1. The lowest BCUT2D eigenvalue weighted by Gasteiger charge is -2.32. The number of aryl methyl sites for hydroxylation is 1. The molecule has 1 fully saturated rings. The zero-order chi connectivity index (χ0) is 24.7. The summed E-state index contributed by atoms with van der Waals surface area (Å²) in [5.74, 6) is 0.833. The standard InChI is InChI=1S/C25H29N3O4.C2H6/c1-16-22(25(29)30)24(26)23-20(27-16)4-3-5-21(23)32-15-18-10-12-28(13-11-18)14-17-6-8-19(31-2)9-7-17;1-2/h3-9,18H,10-15H2,1-2H3,(H2,26,27)(H,29,30);1-2H3. The maximum absolute atomic E-state index is 11.6. The van der Waals surface area contributed by atoms with E-state index in [4.69, 9.17) is 15.2 Å². The number of rotatable bonds is 7. The summed E-state index contributed by atoms with van der Waals surface area (Å²) in [6, 6.07) is 13.7. The highest BCUT2D eigenvalue weighted by molar-refractivity contribution is 6.06. The molecule has 182 valence electrons. The van der Waals surface area contributed by atoms with E-state index in [2.05, 4.69) is 22.0 Å². The molecule has 0 aliphatic carbocycles. The van der Waals surface area contributed by atoms with Crippen molar-refractivity contribution in [2.24, 2.45) is 5.92 Å². The number of hydrogen-bond donors (Lipinski definition) is 2. The average molecular weight is 466 g/mol. The van der Waals surface area contributed by atoms with E-state index in [1.165, 1.54) is 5.56 Å². The Kier molecular flexibility index (Phi) is 8.71. The molecule has 1 saturated heterocycles. The van der Waals surface area contributed by atoms with Crippen molar-refractivity contribution in [2.75, 3.05) is 32.5 Å². The van der Waals surface area contributed by atoms with Gasteiger partial charge in [0, 0.05) is 6.54 Å². The molecule has 1 aromatic heterocycles. The van der Waals surface area contributed by atoms with Gasteiger partial charge in [-0.1, -0.05) is 32.0 Å². The Morgan fingerprint density at radius 1 is 1.15 bits per heavy atom. The van der Waals surface area contributed by atoms with Gasteiger partial charge >= 0.3 is 5.97 Å². The molecule has 3 aromatic rings. The Hall–Kier alpha value is -3.32. The number of carboxylic acid groups (broad SMARTS) is 1. The third-order valence-electron chi connectivity index (χ3n) is 6.15. The smallest absolute Gasteiger partial charge is 0.339 e. The number of hydrogen-bond acceptors (Lipinski definition) is 6. The van der Waals surface area contributed by atoms with Gasteiger partial charge < -0.3 is 20.3 Å². The summed E-state index contributed by atoms with van der Waals surface area (Å²) in [6.07, 6.45) is 2.10. The van der Waals surface area contributed by atoms with Crippen LogP contribution in [0.2, 0.25) is 0 Å². The number of pyridine rings is 1. The number of benzene rings is 2. The van der Waals surface area contributed by atoms with E-state index >= 15 is 0 Å². The summed E-state index contributed by atoms with van der Waals surface area (Å²) < 4.78 is 11.4. The molecule has 1 aliphatic rings. The van der Waals surface area contributed by atoms with Gasteiger partial charge in [-0.3, -0.25) is 9.88 Å². The largest absolute Gasteiger partial charge is 0.497 e. The molecule has 2 heterocycles. The molecular formula is C27H35N3O4. The number of carbonyl (C=O) groups is 1. The minimum Gasteiger partial charge on any atom is -0.497 e. The van der Waals surface area contributed by atoms with Gasteiger partial charge in [-0.25, -0.2) is 4.79 Å². The van der Waals surface area contributed by atoms with Crippen LogP contribution in [0.1, 0.15) is 48.3 Å². The molecule has 0 unspecified atom stereocenters. The fourth-order valence-corrected chi connectivity index (χ4v) is 4.34. The first-order chi connectivity index (χ1) is 16.5. The van der Waals surface area contributed by atoms with Gasteiger partial charge in [0.05, 0.1) is 36.0 Å². The number of nitrogens with two attached hydrogens (primary N) is 1. The highest BCUT2D eigenvalue weighted by Gasteiger charge is 2.22. The van der Waals surface area contributed by atoms with E-state index in [1.54, 1.807) is 14.0 Å². The molecule has 2 aromatic carbocycles. The van der Waals surface area contributed by atoms with Crippen molar-refractivity contribution >= 4 is 22.6 Å². The number of nitrogen functional groups attached to an aromatic ring is 1. The van der Waals surface area contributed by atoms with Crippen LogP contribution in [0.4, 0.5) is 5.69 Å². The van der Waals surface area contributed by atoms with E-state index in [9.17, 15) is 9.90 Å². The van der Waals surface area contributed by atoms with Crippen molar-refractivity contribution in [1.29, 1.82) is 0 Å². The third-order valence-corrected chi connectivity index (χ3v) is 6.15. The number of anilines is 1. The van der Waals surface area contributed by atoms with Crippen LogP contribution in [0, 0.1) is 12.8 Å². The van der Waals surface area contributed by atoms with Crippen LogP contribution < -0.4 is 15.2 Å². The molecule has 0 atom stereocenters. The molecule has 0 amide bonds. The Bertz CT molecular complexity index is 1110. The van der Waals surface area contributed by atoms with Crippen LogP contribution >= 0.6 is 0 Å². The van der Waals surface area contributed by atoms with Crippen LogP contribution in [0.5, 0.6) is 11.5 Å². The zero-order valence-electron chi connectivity index (χ0n) is 20.5. The normalized spacial score (nSPS) is 14.4. The van der Waals surface area contributed by atoms with E-state index in [0.717, 1.165) is 38.2 Å². The number of methoxy groups -OCH3 is 1. The number of ether oxygens (including phenoxy) is 2. The van der Waals surface area contributed by atoms with Crippen LogP contribution in [0.3, 0.4) is 0 Å². The summed E-state index contributed by atoms with van der Waals surface area (Å²) in [7, 11) is 1.68. The molecule has 7 nitrogen and oxygen atoms in total. The molecule has 0 spiro atoms. The van der Waals surface area contributed by atoms with Gasteiger partial charge in [-0.15, -0.1) is 0 Å². The lowest BCUT2D eigenvalue weighted by atomic mass is 9.97. The first-order valence-electron chi connectivity index (χ1n) is 11.9. The number of fused-ring (bicyclic) bond motifs is 1. The van der Waals surface area contributed by atoms with Crippen molar-refractivity contribution in [3.63, 3.8) is 0 Å². The number of aromatic carboxylic acids is 1. The Balaban J connectivity index is 0.00000158. The quantitative estimate of drug-likeness (QED) is 0.498. The molecule has 1 aliphatic heterocycles. The highest BCUT2D eigenvalue weighted by Crippen LogP contribution is 2.34. The monoisotopic (exact) mass is 465 g/mol. The number of aromatic nitrogens is 1. The molecule has 34 heavy (non-hydrogen) atoms. The molecule has 0 radical (unpaired) electrons. The second-order valence-corrected chi connectivity index (χ2v) is 8.32. The second-order valence-electron chi connectivity index (χ2n) is 8.32. The van der Waals surface area contributed by atoms with Crippen molar-refractivity contribution in [2.45, 2.75) is 40.2 Å². The molecule has 7 heteroatoms. The first-order valence-corrected chi connectivity index (χ1v) is 11.9.